The van der Waals surface area contributed by atoms with Gasteiger partial charge in [-0.25, -0.2) is 8.42 Å². The molecule has 3 rings (SSSR count). The van der Waals surface area contributed by atoms with Crippen LogP contribution < -0.4 is 0 Å². The van der Waals surface area contributed by atoms with E-state index in [-0.39, 0.29) is 23.5 Å². The van der Waals surface area contributed by atoms with Crippen molar-refractivity contribution in [1.29, 1.82) is 0 Å². The number of hydrogen-bond acceptors (Lipinski definition) is 3. The highest BCUT2D eigenvalue weighted by Crippen LogP contribution is 2.29. The average molecular weight is 321 g/mol. The van der Waals surface area contributed by atoms with Crippen molar-refractivity contribution >= 4 is 15.7 Å². The molecule has 1 aliphatic carbocycles. The Morgan fingerprint density at radius 2 is 1.86 bits per heavy atom. The van der Waals surface area contributed by atoms with Gasteiger partial charge < -0.3 is 4.90 Å². The largest absolute Gasteiger partial charge is 0.342 e. The van der Waals surface area contributed by atoms with E-state index in [0.717, 1.165) is 32.2 Å². The Hall–Kier alpha value is -1.36. The molecule has 0 radical (unpaired) electrons. The van der Waals surface area contributed by atoms with Gasteiger partial charge in [0, 0.05) is 25.3 Å². The van der Waals surface area contributed by atoms with E-state index < -0.39 is 9.84 Å². The van der Waals surface area contributed by atoms with Gasteiger partial charge in [-0.15, -0.1) is 0 Å². The fraction of sp³-hybridized carbons (Fsp3) is 0.588. The molecule has 1 amide bonds. The summed E-state index contributed by atoms with van der Waals surface area (Å²) < 4.78 is 23.0. The summed E-state index contributed by atoms with van der Waals surface area (Å²) in [5, 5.41) is 0. The normalized spacial score (nSPS) is 22.6. The van der Waals surface area contributed by atoms with Gasteiger partial charge >= 0.3 is 0 Å². The molecule has 0 N–H and O–H groups in total. The number of sulfone groups is 1. The molecule has 4 nitrogen and oxygen atoms in total. The highest BCUT2D eigenvalue weighted by molar-refractivity contribution is 7.90. The number of benzene rings is 1. The monoisotopic (exact) mass is 321 g/mol. The molecule has 22 heavy (non-hydrogen) atoms. The molecule has 1 saturated heterocycles. The van der Waals surface area contributed by atoms with Crippen molar-refractivity contribution in [2.24, 2.45) is 11.8 Å². The van der Waals surface area contributed by atoms with Crippen LogP contribution in [0, 0.1) is 11.8 Å². The van der Waals surface area contributed by atoms with Crippen LogP contribution in [0.5, 0.6) is 0 Å². The summed E-state index contributed by atoms with van der Waals surface area (Å²) >= 11 is 0. The van der Waals surface area contributed by atoms with Crippen LogP contribution in [0.4, 0.5) is 0 Å². The molecule has 1 aromatic carbocycles. The second kappa shape index (κ2) is 6.03. The molecular formula is C17H23NO3S. The van der Waals surface area contributed by atoms with Crippen LogP contribution in [-0.4, -0.2) is 44.3 Å². The van der Waals surface area contributed by atoms with Crippen LogP contribution in [-0.2, 0) is 27.5 Å². The van der Waals surface area contributed by atoms with Crippen molar-refractivity contribution in [3.8, 4) is 0 Å². The molecule has 1 aromatic rings. The SMILES string of the molecule is CS(=O)(=O)C[C@H]1CCCN(C(=O)C2Cc3ccccc3C2)C1. The first-order chi connectivity index (χ1) is 10.4. The van der Waals surface area contributed by atoms with Gasteiger partial charge in [0.1, 0.15) is 9.84 Å². The number of fused-ring (bicyclic) bond motifs is 1. The molecule has 2 aliphatic rings. The maximum atomic E-state index is 12.8. The van der Waals surface area contributed by atoms with Crippen LogP contribution >= 0.6 is 0 Å². The van der Waals surface area contributed by atoms with Gasteiger partial charge in [-0.05, 0) is 42.7 Å². The molecule has 5 heteroatoms. The van der Waals surface area contributed by atoms with Crippen molar-refractivity contribution < 1.29 is 13.2 Å². The second-order valence-electron chi connectivity index (χ2n) is 6.76. The summed E-state index contributed by atoms with van der Waals surface area (Å²) in [5.74, 6) is 0.530. The standard InChI is InChI=1S/C17H23NO3S/c1-22(20,21)12-13-5-4-8-18(11-13)17(19)16-9-14-6-2-3-7-15(14)10-16/h2-3,6-7,13,16H,4-5,8-12H2,1H3/t13-/m0/s1. The summed E-state index contributed by atoms with van der Waals surface area (Å²) in [6.07, 6.45) is 4.74. The van der Waals surface area contributed by atoms with Crippen molar-refractivity contribution in [3.63, 3.8) is 0 Å². The molecule has 0 unspecified atom stereocenters. The van der Waals surface area contributed by atoms with Crippen LogP contribution in [0.25, 0.3) is 0 Å². The van der Waals surface area contributed by atoms with E-state index in [1.807, 2.05) is 17.0 Å². The number of hydrogen-bond donors (Lipinski definition) is 0. The minimum atomic E-state index is -2.97. The Bertz CT molecular complexity index is 643. The van der Waals surface area contributed by atoms with Gasteiger partial charge in [-0.1, -0.05) is 24.3 Å². The summed E-state index contributed by atoms with van der Waals surface area (Å²) in [5.41, 5.74) is 2.57. The smallest absolute Gasteiger partial charge is 0.226 e. The third kappa shape index (κ3) is 3.51. The van der Waals surface area contributed by atoms with Crippen molar-refractivity contribution in [3.05, 3.63) is 35.4 Å². The molecule has 1 fully saturated rings. The fourth-order valence-corrected chi connectivity index (χ4v) is 4.95. The molecule has 0 spiro atoms. The molecule has 0 aromatic heterocycles. The van der Waals surface area contributed by atoms with E-state index in [2.05, 4.69) is 12.1 Å². The number of piperidine rings is 1. The van der Waals surface area contributed by atoms with Gasteiger partial charge in [0.05, 0.1) is 5.75 Å². The lowest BCUT2D eigenvalue weighted by atomic mass is 9.97. The molecule has 0 bridgehead atoms. The molecule has 1 heterocycles. The number of nitrogens with zero attached hydrogens (tertiary/aromatic N) is 1. The van der Waals surface area contributed by atoms with Crippen LogP contribution in [0.15, 0.2) is 24.3 Å². The lowest BCUT2D eigenvalue weighted by Crippen LogP contribution is -2.44. The van der Waals surface area contributed by atoms with Crippen LogP contribution in [0.3, 0.4) is 0 Å². The number of carbonyl (C=O) groups excluding carboxylic acids is 1. The summed E-state index contributed by atoms with van der Waals surface area (Å²) in [4.78, 5) is 14.7. The topological polar surface area (TPSA) is 54.5 Å². The highest BCUT2D eigenvalue weighted by atomic mass is 32.2. The van der Waals surface area contributed by atoms with E-state index >= 15 is 0 Å². The number of rotatable bonds is 3. The Balaban J connectivity index is 1.63. The molecule has 1 aliphatic heterocycles. The van der Waals surface area contributed by atoms with Gasteiger partial charge in [0.15, 0.2) is 0 Å². The van der Waals surface area contributed by atoms with E-state index in [4.69, 9.17) is 0 Å². The fourth-order valence-electron chi connectivity index (χ4n) is 3.82. The zero-order valence-corrected chi connectivity index (χ0v) is 13.8. The molecular weight excluding hydrogens is 298 g/mol. The number of carbonyl (C=O) groups is 1. The maximum absolute atomic E-state index is 12.8. The Morgan fingerprint density at radius 3 is 2.45 bits per heavy atom. The zero-order chi connectivity index (χ0) is 15.7. The zero-order valence-electron chi connectivity index (χ0n) is 13.0. The number of likely N-dealkylation sites (tertiary alicyclic amines) is 1. The van der Waals surface area contributed by atoms with Crippen LogP contribution in [0.1, 0.15) is 24.0 Å². The van der Waals surface area contributed by atoms with E-state index in [0.29, 0.717) is 6.54 Å². The highest BCUT2D eigenvalue weighted by Gasteiger charge is 2.33. The first kappa shape index (κ1) is 15.5. The quantitative estimate of drug-likeness (QED) is 0.851. The van der Waals surface area contributed by atoms with E-state index in [1.165, 1.54) is 17.4 Å². The molecule has 120 valence electrons. The van der Waals surface area contributed by atoms with Crippen molar-refractivity contribution in [2.75, 3.05) is 25.1 Å². The Kier molecular flexibility index (Phi) is 4.26. The van der Waals surface area contributed by atoms with Crippen molar-refractivity contribution in [1.82, 2.24) is 4.90 Å². The third-order valence-electron chi connectivity index (χ3n) is 4.77. The Labute approximate surface area is 132 Å². The minimum Gasteiger partial charge on any atom is -0.342 e. The van der Waals surface area contributed by atoms with Gasteiger partial charge in [-0.3, -0.25) is 4.79 Å². The Morgan fingerprint density at radius 1 is 1.23 bits per heavy atom. The number of amides is 1. The second-order valence-corrected chi connectivity index (χ2v) is 8.94. The summed E-state index contributed by atoms with van der Waals surface area (Å²) in [6.45, 7) is 1.37. The predicted molar refractivity (Wildman–Crippen MR) is 86.4 cm³/mol. The average Bonchev–Trinajstić information content (AvgIpc) is 2.88. The third-order valence-corrected chi connectivity index (χ3v) is 5.85. The van der Waals surface area contributed by atoms with Gasteiger partial charge in [0.2, 0.25) is 5.91 Å². The first-order valence-electron chi connectivity index (χ1n) is 7.95. The maximum Gasteiger partial charge on any atom is 0.226 e. The van der Waals surface area contributed by atoms with Gasteiger partial charge in [0.25, 0.3) is 0 Å². The molecule has 1 atom stereocenters. The summed E-state index contributed by atoms with van der Waals surface area (Å²) in [6, 6.07) is 8.25. The first-order valence-corrected chi connectivity index (χ1v) is 10.0. The lowest BCUT2D eigenvalue weighted by Gasteiger charge is -2.34. The van der Waals surface area contributed by atoms with Crippen molar-refractivity contribution in [2.45, 2.75) is 25.7 Å². The lowest BCUT2D eigenvalue weighted by molar-refractivity contribution is -0.136. The van der Waals surface area contributed by atoms with Crippen LogP contribution in [0.2, 0.25) is 0 Å². The molecule has 0 saturated carbocycles. The minimum absolute atomic E-state index is 0.0365. The van der Waals surface area contributed by atoms with E-state index in [9.17, 15) is 13.2 Å². The van der Waals surface area contributed by atoms with Gasteiger partial charge in [-0.2, -0.15) is 0 Å². The van der Waals surface area contributed by atoms with E-state index in [1.54, 1.807) is 0 Å². The predicted octanol–water partition coefficient (Wildman–Crippen LogP) is 1.68. The summed E-state index contributed by atoms with van der Waals surface area (Å²) in [7, 11) is -2.97.